The molecule has 27 heavy (non-hydrogen) atoms. The Morgan fingerprint density at radius 2 is 1.78 bits per heavy atom. The average Bonchev–Trinajstić information content (AvgIpc) is 3.37. The fraction of sp³-hybridized carbons (Fsp3) is 0.476. The molecule has 140 valence electrons. The van der Waals surface area contributed by atoms with Gasteiger partial charge in [0, 0.05) is 55.7 Å². The number of carbonyl (C=O) groups is 1. The van der Waals surface area contributed by atoms with Crippen LogP contribution in [0.3, 0.4) is 0 Å². The van der Waals surface area contributed by atoms with E-state index in [2.05, 4.69) is 20.9 Å². The molecule has 1 aromatic heterocycles. The summed E-state index contributed by atoms with van der Waals surface area (Å²) in [5, 5.41) is 0. The molecular formula is C21H24N4O2. The van der Waals surface area contributed by atoms with Gasteiger partial charge in [0.15, 0.2) is 6.61 Å². The van der Waals surface area contributed by atoms with Crippen LogP contribution in [0.15, 0.2) is 42.7 Å². The van der Waals surface area contributed by atoms with Gasteiger partial charge >= 0.3 is 0 Å². The molecule has 2 aliphatic heterocycles. The van der Waals surface area contributed by atoms with Crippen LogP contribution in [-0.2, 0) is 4.79 Å². The number of aromatic nitrogens is 2. The second-order valence-corrected chi connectivity index (χ2v) is 7.90. The molecular weight excluding hydrogens is 340 g/mol. The lowest BCUT2D eigenvalue weighted by molar-refractivity contribution is -0.132. The van der Waals surface area contributed by atoms with E-state index in [1.165, 1.54) is 18.5 Å². The van der Waals surface area contributed by atoms with Crippen molar-refractivity contribution in [1.82, 2.24) is 14.9 Å². The zero-order valence-corrected chi connectivity index (χ0v) is 15.3. The van der Waals surface area contributed by atoms with Crippen molar-refractivity contribution in [3.63, 3.8) is 0 Å². The predicted octanol–water partition coefficient (Wildman–Crippen LogP) is 2.33. The second-order valence-electron chi connectivity index (χ2n) is 7.90. The van der Waals surface area contributed by atoms with Gasteiger partial charge in [-0.25, -0.2) is 9.97 Å². The number of ether oxygens (including phenoxy) is 1. The summed E-state index contributed by atoms with van der Waals surface area (Å²) < 4.78 is 5.62. The maximum Gasteiger partial charge on any atom is 0.260 e. The van der Waals surface area contributed by atoms with Gasteiger partial charge in [0.2, 0.25) is 0 Å². The summed E-state index contributed by atoms with van der Waals surface area (Å²) in [6, 6.07) is 11.7. The van der Waals surface area contributed by atoms with E-state index in [1.54, 1.807) is 6.33 Å². The Morgan fingerprint density at radius 1 is 1.04 bits per heavy atom. The summed E-state index contributed by atoms with van der Waals surface area (Å²) in [7, 11) is 0. The van der Waals surface area contributed by atoms with E-state index in [4.69, 9.17) is 4.74 Å². The fourth-order valence-electron chi connectivity index (χ4n) is 4.27. The normalized spacial score (nSPS) is 24.1. The van der Waals surface area contributed by atoms with E-state index < -0.39 is 0 Å². The van der Waals surface area contributed by atoms with E-state index in [-0.39, 0.29) is 12.5 Å². The molecule has 5 rings (SSSR count). The number of likely N-dealkylation sites (tertiary alicyclic amines) is 1. The number of carbonyl (C=O) groups excluding carboxylic acids is 1. The number of amides is 1. The topological polar surface area (TPSA) is 58.6 Å². The van der Waals surface area contributed by atoms with Gasteiger partial charge in [0.1, 0.15) is 17.9 Å². The van der Waals surface area contributed by atoms with Gasteiger partial charge < -0.3 is 14.5 Å². The summed E-state index contributed by atoms with van der Waals surface area (Å²) in [6.45, 7) is 3.69. The lowest BCUT2D eigenvalue weighted by atomic mass is 10.0. The number of benzene rings is 1. The van der Waals surface area contributed by atoms with Crippen LogP contribution >= 0.6 is 0 Å². The van der Waals surface area contributed by atoms with Crippen molar-refractivity contribution < 1.29 is 9.53 Å². The van der Waals surface area contributed by atoms with Crippen molar-refractivity contribution >= 4 is 11.7 Å². The Kier molecular flexibility index (Phi) is 4.19. The number of para-hydroxylation sites is 1. The summed E-state index contributed by atoms with van der Waals surface area (Å²) in [5.74, 6) is 3.55. The molecule has 0 N–H and O–H groups in total. The summed E-state index contributed by atoms with van der Waals surface area (Å²) in [6.07, 6.45) is 4.21. The first-order chi connectivity index (χ1) is 13.3. The number of anilines is 1. The lowest BCUT2D eigenvalue weighted by Crippen LogP contribution is -2.36. The molecule has 2 atom stereocenters. The van der Waals surface area contributed by atoms with Gasteiger partial charge in [0.05, 0.1) is 0 Å². The summed E-state index contributed by atoms with van der Waals surface area (Å²) in [5.41, 5.74) is 1.19. The van der Waals surface area contributed by atoms with E-state index in [9.17, 15) is 4.79 Å². The molecule has 1 aromatic carbocycles. The molecule has 3 aliphatic rings. The highest BCUT2D eigenvalue weighted by Gasteiger charge is 2.42. The van der Waals surface area contributed by atoms with Gasteiger partial charge in [-0.2, -0.15) is 0 Å². The lowest BCUT2D eigenvalue weighted by Gasteiger charge is -2.22. The van der Waals surface area contributed by atoms with Crippen LogP contribution in [0.4, 0.5) is 5.82 Å². The molecule has 3 fully saturated rings. The quantitative estimate of drug-likeness (QED) is 0.815. The van der Waals surface area contributed by atoms with Crippen LogP contribution in [0.2, 0.25) is 0 Å². The molecule has 1 amide bonds. The SMILES string of the molecule is O=C(COc1ccccc1)N1CC2CN(c3cc(C4CC4)ncn3)CC2C1. The molecule has 0 spiro atoms. The molecule has 2 unspecified atom stereocenters. The van der Waals surface area contributed by atoms with Crippen LogP contribution < -0.4 is 9.64 Å². The molecule has 6 nitrogen and oxygen atoms in total. The monoisotopic (exact) mass is 364 g/mol. The maximum absolute atomic E-state index is 12.5. The molecule has 6 heteroatoms. The van der Waals surface area contributed by atoms with Crippen LogP contribution in [0, 0.1) is 11.8 Å². The van der Waals surface area contributed by atoms with Gasteiger partial charge in [0.25, 0.3) is 5.91 Å². The molecule has 0 bridgehead atoms. The number of hydrogen-bond donors (Lipinski definition) is 0. The molecule has 1 saturated carbocycles. The van der Waals surface area contributed by atoms with E-state index in [0.717, 1.165) is 37.7 Å². The van der Waals surface area contributed by atoms with Crippen LogP contribution in [0.1, 0.15) is 24.5 Å². The molecule has 0 radical (unpaired) electrons. The van der Waals surface area contributed by atoms with Crippen LogP contribution in [0.25, 0.3) is 0 Å². The van der Waals surface area contributed by atoms with Crippen LogP contribution in [-0.4, -0.2) is 53.6 Å². The number of nitrogens with zero attached hydrogens (tertiary/aromatic N) is 4. The van der Waals surface area contributed by atoms with E-state index >= 15 is 0 Å². The van der Waals surface area contributed by atoms with E-state index in [0.29, 0.717) is 17.8 Å². The second kappa shape index (κ2) is 6.83. The Bertz CT molecular complexity index is 810. The smallest absolute Gasteiger partial charge is 0.260 e. The number of hydrogen-bond acceptors (Lipinski definition) is 5. The zero-order chi connectivity index (χ0) is 18.2. The fourth-order valence-corrected chi connectivity index (χ4v) is 4.27. The largest absolute Gasteiger partial charge is 0.484 e. The number of fused-ring (bicyclic) bond motifs is 1. The Morgan fingerprint density at radius 3 is 2.48 bits per heavy atom. The highest BCUT2D eigenvalue weighted by molar-refractivity contribution is 5.78. The van der Waals surface area contributed by atoms with Crippen molar-refractivity contribution in [3.05, 3.63) is 48.4 Å². The predicted molar refractivity (Wildman–Crippen MR) is 102 cm³/mol. The number of rotatable bonds is 5. The highest BCUT2D eigenvalue weighted by Crippen LogP contribution is 2.40. The third-order valence-corrected chi connectivity index (χ3v) is 5.94. The first-order valence-electron chi connectivity index (χ1n) is 9.79. The third kappa shape index (κ3) is 3.48. The summed E-state index contributed by atoms with van der Waals surface area (Å²) in [4.78, 5) is 25.7. The minimum Gasteiger partial charge on any atom is -0.484 e. The van der Waals surface area contributed by atoms with Crippen LogP contribution in [0.5, 0.6) is 5.75 Å². The third-order valence-electron chi connectivity index (χ3n) is 5.94. The zero-order valence-electron chi connectivity index (χ0n) is 15.3. The first-order valence-corrected chi connectivity index (χ1v) is 9.79. The molecule has 1 aliphatic carbocycles. The van der Waals surface area contributed by atoms with Gasteiger partial charge in [-0.3, -0.25) is 4.79 Å². The average molecular weight is 364 g/mol. The van der Waals surface area contributed by atoms with E-state index in [1.807, 2.05) is 35.2 Å². The molecule has 2 saturated heterocycles. The van der Waals surface area contributed by atoms with Gasteiger partial charge in [-0.05, 0) is 25.0 Å². The van der Waals surface area contributed by atoms with Gasteiger partial charge in [-0.15, -0.1) is 0 Å². The standard InChI is InChI=1S/C21H24N4O2/c26-21(13-27-18-4-2-1-3-5-18)25-11-16-9-24(10-17(16)12-25)20-8-19(15-6-7-15)22-14-23-20/h1-5,8,14-17H,6-7,9-13H2. The minimum absolute atomic E-state index is 0.0814. The van der Waals surface area contributed by atoms with Crippen molar-refractivity contribution in [3.8, 4) is 5.75 Å². The minimum atomic E-state index is 0.0814. The molecule has 2 aromatic rings. The first kappa shape index (κ1) is 16.5. The van der Waals surface area contributed by atoms with Gasteiger partial charge in [-0.1, -0.05) is 18.2 Å². The Labute approximate surface area is 159 Å². The molecule has 3 heterocycles. The highest BCUT2D eigenvalue weighted by atomic mass is 16.5. The Balaban J connectivity index is 1.16. The Hall–Kier alpha value is -2.63. The van der Waals surface area contributed by atoms with Crippen molar-refractivity contribution in [1.29, 1.82) is 0 Å². The maximum atomic E-state index is 12.5. The van der Waals surface area contributed by atoms with Crippen molar-refractivity contribution in [2.75, 3.05) is 37.7 Å². The summed E-state index contributed by atoms with van der Waals surface area (Å²) >= 11 is 0. The van der Waals surface area contributed by atoms with Crippen molar-refractivity contribution in [2.24, 2.45) is 11.8 Å². The van der Waals surface area contributed by atoms with Crippen molar-refractivity contribution in [2.45, 2.75) is 18.8 Å².